The summed E-state index contributed by atoms with van der Waals surface area (Å²) in [5.74, 6) is -0.476. The highest BCUT2D eigenvalue weighted by Gasteiger charge is 2.56. The van der Waals surface area contributed by atoms with E-state index in [9.17, 15) is 9.50 Å². The minimum atomic E-state index is -0.476. The molecular formula is C17H21FN2O2. The Morgan fingerprint density at radius 1 is 1.45 bits per heavy atom. The zero-order valence-electron chi connectivity index (χ0n) is 12.8. The Kier molecular flexibility index (Phi) is 4.07. The van der Waals surface area contributed by atoms with Gasteiger partial charge in [-0.15, -0.1) is 0 Å². The third-order valence-electron chi connectivity index (χ3n) is 5.25. The van der Waals surface area contributed by atoms with Crippen LogP contribution in [0.15, 0.2) is 18.2 Å². The van der Waals surface area contributed by atoms with E-state index < -0.39 is 5.82 Å². The van der Waals surface area contributed by atoms with Gasteiger partial charge in [0.15, 0.2) is 0 Å². The van der Waals surface area contributed by atoms with Crippen LogP contribution in [0.1, 0.15) is 31.7 Å². The second-order valence-corrected chi connectivity index (χ2v) is 6.16. The predicted octanol–water partition coefficient (Wildman–Crippen LogP) is 2.45. The van der Waals surface area contributed by atoms with Crippen molar-refractivity contribution >= 4 is 5.69 Å². The van der Waals surface area contributed by atoms with Gasteiger partial charge in [0.25, 0.3) is 0 Å². The molecule has 118 valence electrons. The molecule has 1 N–H and O–H groups in total. The Hall–Kier alpha value is -1.64. The number of piperidine rings is 1. The molecule has 1 heterocycles. The summed E-state index contributed by atoms with van der Waals surface area (Å²) in [5.41, 5.74) is 0.597. The molecule has 2 aliphatic rings. The van der Waals surface area contributed by atoms with E-state index in [2.05, 4.69) is 0 Å². The number of ether oxygens (including phenoxy) is 1. The van der Waals surface area contributed by atoms with Crippen molar-refractivity contribution in [1.29, 1.82) is 5.26 Å². The molecule has 0 aromatic heterocycles. The SMILES string of the molecule is CCO[C@H]1C[C@@H](O)C12CCN(c1cccc(F)c1C#N)CC2. The van der Waals surface area contributed by atoms with Crippen LogP contribution in [0.2, 0.25) is 0 Å². The van der Waals surface area contributed by atoms with Crippen LogP contribution in [0, 0.1) is 22.6 Å². The molecule has 1 saturated heterocycles. The number of hydrogen-bond acceptors (Lipinski definition) is 4. The number of anilines is 1. The first kappa shape index (κ1) is 15.3. The summed E-state index contributed by atoms with van der Waals surface area (Å²) in [5, 5.41) is 19.4. The lowest BCUT2D eigenvalue weighted by molar-refractivity contribution is -0.199. The van der Waals surface area contributed by atoms with Crippen LogP contribution >= 0.6 is 0 Å². The Morgan fingerprint density at radius 2 is 2.18 bits per heavy atom. The predicted molar refractivity (Wildman–Crippen MR) is 81.0 cm³/mol. The molecule has 22 heavy (non-hydrogen) atoms. The Balaban J connectivity index is 1.75. The maximum absolute atomic E-state index is 13.8. The number of aliphatic hydroxyl groups is 1. The monoisotopic (exact) mass is 304 g/mol. The summed E-state index contributed by atoms with van der Waals surface area (Å²) in [7, 11) is 0. The number of halogens is 1. The molecule has 1 saturated carbocycles. The normalized spacial score (nSPS) is 26.5. The van der Waals surface area contributed by atoms with Gasteiger partial charge in [-0.1, -0.05) is 6.07 Å². The molecule has 0 unspecified atom stereocenters. The van der Waals surface area contributed by atoms with Crippen molar-refractivity contribution in [1.82, 2.24) is 0 Å². The molecule has 1 spiro atoms. The van der Waals surface area contributed by atoms with E-state index in [-0.39, 0.29) is 23.2 Å². The number of nitriles is 1. The molecule has 0 bridgehead atoms. The molecule has 2 fully saturated rings. The summed E-state index contributed by atoms with van der Waals surface area (Å²) in [6.07, 6.45) is 2.13. The first-order valence-electron chi connectivity index (χ1n) is 7.85. The van der Waals surface area contributed by atoms with Gasteiger partial charge < -0.3 is 14.7 Å². The van der Waals surface area contributed by atoms with Gasteiger partial charge in [0, 0.05) is 31.5 Å². The fourth-order valence-electron chi connectivity index (χ4n) is 3.87. The van der Waals surface area contributed by atoms with Gasteiger partial charge in [-0.2, -0.15) is 5.26 Å². The van der Waals surface area contributed by atoms with Crippen molar-refractivity contribution in [3.05, 3.63) is 29.6 Å². The van der Waals surface area contributed by atoms with Crippen LogP contribution in [0.25, 0.3) is 0 Å². The fourth-order valence-corrected chi connectivity index (χ4v) is 3.87. The van der Waals surface area contributed by atoms with Crippen molar-refractivity contribution in [2.24, 2.45) is 5.41 Å². The maximum Gasteiger partial charge on any atom is 0.143 e. The van der Waals surface area contributed by atoms with Crippen LogP contribution in [-0.4, -0.2) is 37.0 Å². The van der Waals surface area contributed by atoms with E-state index in [0.29, 0.717) is 31.8 Å². The van der Waals surface area contributed by atoms with Crippen molar-refractivity contribution in [3.8, 4) is 6.07 Å². The second kappa shape index (κ2) is 5.86. The van der Waals surface area contributed by atoms with Crippen LogP contribution in [0.4, 0.5) is 10.1 Å². The Morgan fingerprint density at radius 3 is 2.77 bits per heavy atom. The molecule has 4 nitrogen and oxygen atoms in total. The van der Waals surface area contributed by atoms with Gasteiger partial charge in [0.2, 0.25) is 0 Å². The Bertz CT molecular complexity index is 589. The topological polar surface area (TPSA) is 56.5 Å². The molecule has 2 atom stereocenters. The highest BCUT2D eigenvalue weighted by Crippen LogP contribution is 2.51. The zero-order valence-corrected chi connectivity index (χ0v) is 12.8. The molecule has 1 aromatic rings. The quantitative estimate of drug-likeness (QED) is 0.932. The molecule has 1 aliphatic heterocycles. The molecular weight excluding hydrogens is 283 g/mol. The van der Waals surface area contributed by atoms with Crippen LogP contribution in [-0.2, 0) is 4.74 Å². The van der Waals surface area contributed by atoms with Crippen LogP contribution < -0.4 is 4.90 Å². The number of rotatable bonds is 3. The number of aliphatic hydroxyl groups excluding tert-OH is 1. The summed E-state index contributed by atoms with van der Waals surface area (Å²) >= 11 is 0. The third-order valence-corrected chi connectivity index (χ3v) is 5.25. The molecule has 1 aliphatic carbocycles. The first-order valence-corrected chi connectivity index (χ1v) is 7.85. The van der Waals surface area contributed by atoms with E-state index in [1.54, 1.807) is 12.1 Å². The lowest BCUT2D eigenvalue weighted by atomic mass is 9.58. The van der Waals surface area contributed by atoms with E-state index in [1.807, 2.05) is 17.9 Å². The van der Waals surface area contributed by atoms with Crippen molar-refractivity contribution in [2.45, 2.75) is 38.4 Å². The average Bonchev–Trinajstić information content (AvgIpc) is 2.54. The van der Waals surface area contributed by atoms with Gasteiger partial charge in [-0.3, -0.25) is 0 Å². The summed E-state index contributed by atoms with van der Waals surface area (Å²) in [6.45, 7) is 4.04. The smallest absolute Gasteiger partial charge is 0.143 e. The Labute approximate surface area is 130 Å². The van der Waals surface area contributed by atoms with Crippen molar-refractivity contribution in [3.63, 3.8) is 0 Å². The van der Waals surface area contributed by atoms with E-state index >= 15 is 0 Å². The van der Waals surface area contributed by atoms with Crippen molar-refractivity contribution in [2.75, 3.05) is 24.6 Å². The summed E-state index contributed by atoms with van der Waals surface area (Å²) < 4.78 is 19.5. The zero-order chi connectivity index (χ0) is 15.7. The van der Waals surface area contributed by atoms with E-state index in [0.717, 1.165) is 12.8 Å². The van der Waals surface area contributed by atoms with E-state index in [1.165, 1.54) is 6.07 Å². The molecule has 0 amide bonds. The van der Waals surface area contributed by atoms with Gasteiger partial charge >= 0.3 is 0 Å². The molecule has 1 aromatic carbocycles. The molecule has 3 rings (SSSR count). The minimum absolute atomic E-state index is 0.106. The summed E-state index contributed by atoms with van der Waals surface area (Å²) in [4.78, 5) is 2.04. The highest BCUT2D eigenvalue weighted by molar-refractivity contribution is 5.60. The van der Waals surface area contributed by atoms with E-state index in [4.69, 9.17) is 10.00 Å². The standard InChI is InChI=1S/C17H21FN2O2/c1-2-22-16-10-15(21)17(16)6-8-20(9-7-17)14-5-3-4-13(18)12(14)11-19/h3-5,15-16,21H,2,6-10H2,1H3/t15-,16+/m1/s1. The molecule has 0 radical (unpaired) electrons. The highest BCUT2D eigenvalue weighted by atomic mass is 19.1. The van der Waals surface area contributed by atoms with Gasteiger partial charge in [0.1, 0.15) is 17.4 Å². The number of nitrogens with zero attached hydrogens (tertiary/aromatic N) is 2. The minimum Gasteiger partial charge on any atom is -0.392 e. The van der Waals surface area contributed by atoms with Gasteiger partial charge in [-0.05, 0) is 31.9 Å². The lowest BCUT2D eigenvalue weighted by Gasteiger charge is -2.57. The average molecular weight is 304 g/mol. The van der Waals surface area contributed by atoms with Gasteiger partial charge in [-0.25, -0.2) is 4.39 Å². The maximum atomic E-state index is 13.8. The fraction of sp³-hybridized carbons (Fsp3) is 0.588. The van der Waals surface area contributed by atoms with Crippen molar-refractivity contribution < 1.29 is 14.2 Å². The van der Waals surface area contributed by atoms with Crippen LogP contribution in [0.3, 0.4) is 0 Å². The van der Waals surface area contributed by atoms with Gasteiger partial charge in [0.05, 0.1) is 17.9 Å². The van der Waals surface area contributed by atoms with Crippen LogP contribution in [0.5, 0.6) is 0 Å². The second-order valence-electron chi connectivity index (χ2n) is 6.16. The lowest BCUT2D eigenvalue weighted by Crippen LogP contribution is -2.62. The summed E-state index contributed by atoms with van der Waals surface area (Å²) in [6, 6.07) is 6.70. The third kappa shape index (κ3) is 2.27. The molecule has 5 heteroatoms. The number of benzene rings is 1. The largest absolute Gasteiger partial charge is 0.392 e. The number of hydrogen-bond donors (Lipinski definition) is 1. The first-order chi connectivity index (χ1) is 10.6.